The number of sulfonamides is 1. The zero-order valence-corrected chi connectivity index (χ0v) is 12.8. The lowest BCUT2D eigenvalue weighted by Gasteiger charge is -2.21. The number of aliphatic hydroxyl groups excluding tert-OH is 1. The van der Waals surface area contributed by atoms with Crippen LogP contribution in [0.2, 0.25) is 0 Å². The van der Waals surface area contributed by atoms with Crippen molar-refractivity contribution in [2.24, 2.45) is 0 Å². The molecule has 0 saturated heterocycles. The summed E-state index contributed by atoms with van der Waals surface area (Å²) in [6, 6.07) is 6.65. The fraction of sp³-hybridized carbons (Fsp3) is 0.467. The molecule has 1 N–H and O–H groups in total. The summed E-state index contributed by atoms with van der Waals surface area (Å²) >= 11 is 0. The second kappa shape index (κ2) is 8.05. The lowest BCUT2D eigenvalue weighted by atomic mass is 10.2. The van der Waals surface area contributed by atoms with Crippen molar-refractivity contribution < 1.29 is 13.5 Å². The van der Waals surface area contributed by atoms with Crippen molar-refractivity contribution in [2.75, 3.05) is 19.7 Å². The van der Waals surface area contributed by atoms with Gasteiger partial charge in [-0.15, -0.1) is 0 Å². The van der Waals surface area contributed by atoms with Gasteiger partial charge in [-0.3, -0.25) is 0 Å². The molecule has 0 bridgehead atoms. The van der Waals surface area contributed by atoms with Crippen molar-refractivity contribution in [3.8, 4) is 11.8 Å². The molecule has 0 atom stereocenters. The minimum absolute atomic E-state index is 0.211. The molecule has 0 amide bonds. The summed E-state index contributed by atoms with van der Waals surface area (Å²) in [7, 11) is -3.54. The highest BCUT2D eigenvalue weighted by Gasteiger charge is 2.25. The van der Waals surface area contributed by atoms with Crippen LogP contribution < -0.4 is 0 Å². The van der Waals surface area contributed by atoms with Gasteiger partial charge in [0.05, 0.1) is 4.90 Å². The molecule has 0 aromatic heterocycles. The van der Waals surface area contributed by atoms with Crippen LogP contribution in [0.4, 0.5) is 0 Å². The largest absolute Gasteiger partial charge is 0.384 e. The molecule has 0 heterocycles. The summed E-state index contributed by atoms with van der Waals surface area (Å²) in [5.41, 5.74) is 0.429. The summed E-state index contributed by atoms with van der Waals surface area (Å²) in [4.78, 5) is 0.211. The second-order valence-corrected chi connectivity index (χ2v) is 6.27. The lowest BCUT2D eigenvalue weighted by molar-refractivity contribution is 0.350. The maximum absolute atomic E-state index is 12.7. The average molecular weight is 295 g/mol. The summed E-state index contributed by atoms with van der Waals surface area (Å²) in [5, 5.41) is 8.77. The van der Waals surface area contributed by atoms with Gasteiger partial charge in [0, 0.05) is 18.7 Å². The van der Waals surface area contributed by atoms with E-state index in [9.17, 15) is 8.42 Å². The van der Waals surface area contributed by atoms with Crippen LogP contribution in [0, 0.1) is 11.8 Å². The standard InChI is InChI=1S/C15H21NO3S/c1-3-11-16(12-4-2)20(18,19)15-10-6-5-8-14(15)9-7-13-17/h5-6,8,10,17H,3-4,11-13H2,1-2H3. The molecule has 1 rings (SSSR count). The molecular weight excluding hydrogens is 274 g/mol. The molecule has 5 heteroatoms. The van der Waals surface area contributed by atoms with Gasteiger partial charge in [-0.05, 0) is 25.0 Å². The van der Waals surface area contributed by atoms with Crippen molar-refractivity contribution >= 4 is 10.0 Å². The number of aliphatic hydroxyl groups is 1. The van der Waals surface area contributed by atoms with E-state index in [0.29, 0.717) is 18.7 Å². The first-order valence-electron chi connectivity index (χ1n) is 6.76. The van der Waals surface area contributed by atoms with Crippen molar-refractivity contribution in [2.45, 2.75) is 31.6 Å². The highest BCUT2D eigenvalue weighted by Crippen LogP contribution is 2.20. The SMILES string of the molecule is CCCN(CCC)S(=O)(=O)c1ccccc1C#CCO. The maximum atomic E-state index is 12.7. The Hall–Kier alpha value is -1.35. The summed E-state index contributed by atoms with van der Waals surface area (Å²) in [6.07, 6.45) is 1.54. The van der Waals surface area contributed by atoms with E-state index in [1.165, 1.54) is 4.31 Å². The molecule has 0 spiro atoms. The van der Waals surface area contributed by atoms with E-state index >= 15 is 0 Å². The molecule has 0 unspecified atom stereocenters. The van der Waals surface area contributed by atoms with E-state index in [-0.39, 0.29) is 11.5 Å². The van der Waals surface area contributed by atoms with Crippen molar-refractivity contribution in [3.63, 3.8) is 0 Å². The molecule has 0 aliphatic rings. The fourth-order valence-electron chi connectivity index (χ4n) is 1.92. The molecule has 0 fully saturated rings. The molecule has 110 valence electrons. The molecular formula is C15H21NO3S. The number of nitrogens with zero attached hydrogens (tertiary/aromatic N) is 1. The molecule has 1 aromatic rings. The quantitative estimate of drug-likeness (QED) is 0.815. The number of benzene rings is 1. The van der Waals surface area contributed by atoms with Gasteiger partial charge in [-0.25, -0.2) is 8.42 Å². The van der Waals surface area contributed by atoms with Crippen molar-refractivity contribution in [1.29, 1.82) is 0 Å². The normalized spacial score (nSPS) is 11.2. The van der Waals surface area contributed by atoms with Gasteiger partial charge in [0.25, 0.3) is 0 Å². The highest BCUT2D eigenvalue weighted by atomic mass is 32.2. The van der Waals surface area contributed by atoms with Crippen LogP contribution in [0.15, 0.2) is 29.2 Å². The van der Waals surface area contributed by atoms with Crippen molar-refractivity contribution in [1.82, 2.24) is 4.31 Å². The number of hydrogen-bond donors (Lipinski definition) is 1. The van der Waals surface area contributed by atoms with Crippen LogP contribution in [0.3, 0.4) is 0 Å². The predicted octanol–water partition coefficient (Wildman–Crippen LogP) is 1.84. The molecule has 0 aliphatic carbocycles. The minimum Gasteiger partial charge on any atom is -0.384 e. The van der Waals surface area contributed by atoms with Crippen molar-refractivity contribution in [3.05, 3.63) is 29.8 Å². The Morgan fingerprint density at radius 2 is 1.75 bits per heavy atom. The molecule has 20 heavy (non-hydrogen) atoms. The van der Waals surface area contributed by atoms with Gasteiger partial charge in [0.1, 0.15) is 6.61 Å². The Bertz CT molecular complexity index is 579. The maximum Gasteiger partial charge on any atom is 0.244 e. The lowest BCUT2D eigenvalue weighted by Crippen LogP contribution is -2.33. The van der Waals surface area contributed by atoms with E-state index in [1.807, 2.05) is 13.8 Å². The zero-order valence-electron chi connectivity index (χ0n) is 12.0. The number of rotatable bonds is 6. The minimum atomic E-state index is -3.54. The third-order valence-corrected chi connectivity index (χ3v) is 4.71. The Labute approximate surface area is 121 Å². The molecule has 4 nitrogen and oxygen atoms in total. The van der Waals surface area contributed by atoms with Gasteiger partial charge in [0.2, 0.25) is 10.0 Å². The van der Waals surface area contributed by atoms with E-state index in [0.717, 1.165) is 12.8 Å². The zero-order chi connectivity index (χ0) is 15.0. The van der Waals surface area contributed by atoms with Gasteiger partial charge in [-0.1, -0.05) is 37.8 Å². The smallest absolute Gasteiger partial charge is 0.244 e. The van der Waals surface area contributed by atoms with Crippen LogP contribution in [0.1, 0.15) is 32.3 Å². The average Bonchev–Trinajstić information content (AvgIpc) is 2.45. The second-order valence-electron chi connectivity index (χ2n) is 4.36. The van der Waals surface area contributed by atoms with Crippen LogP contribution in [0.5, 0.6) is 0 Å². The first-order valence-corrected chi connectivity index (χ1v) is 8.20. The van der Waals surface area contributed by atoms with Gasteiger partial charge < -0.3 is 5.11 Å². The van der Waals surface area contributed by atoms with E-state index < -0.39 is 10.0 Å². The topological polar surface area (TPSA) is 57.6 Å². The Morgan fingerprint density at radius 3 is 2.30 bits per heavy atom. The number of hydrogen-bond acceptors (Lipinski definition) is 3. The van der Waals surface area contributed by atoms with E-state index in [4.69, 9.17) is 5.11 Å². The fourth-order valence-corrected chi connectivity index (χ4v) is 3.69. The van der Waals surface area contributed by atoms with Gasteiger partial charge in [0.15, 0.2) is 0 Å². The summed E-state index contributed by atoms with van der Waals surface area (Å²) in [6.45, 7) is 4.61. The summed E-state index contributed by atoms with van der Waals surface area (Å²) in [5.74, 6) is 5.20. The summed E-state index contributed by atoms with van der Waals surface area (Å²) < 4.78 is 26.9. The Balaban J connectivity index is 3.26. The Morgan fingerprint density at radius 1 is 1.15 bits per heavy atom. The van der Waals surface area contributed by atoms with E-state index in [2.05, 4.69) is 11.8 Å². The van der Waals surface area contributed by atoms with E-state index in [1.54, 1.807) is 24.3 Å². The third kappa shape index (κ3) is 4.07. The van der Waals surface area contributed by atoms with Gasteiger partial charge >= 0.3 is 0 Å². The molecule has 0 aliphatic heterocycles. The van der Waals surface area contributed by atoms with Crippen LogP contribution in [0.25, 0.3) is 0 Å². The monoisotopic (exact) mass is 295 g/mol. The van der Waals surface area contributed by atoms with Crippen LogP contribution in [-0.2, 0) is 10.0 Å². The molecule has 0 saturated carbocycles. The van der Waals surface area contributed by atoms with Crippen LogP contribution in [-0.4, -0.2) is 37.5 Å². The predicted molar refractivity (Wildman–Crippen MR) is 79.7 cm³/mol. The first kappa shape index (κ1) is 16.7. The molecule has 1 aromatic carbocycles. The van der Waals surface area contributed by atoms with Gasteiger partial charge in [-0.2, -0.15) is 4.31 Å². The van der Waals surface area contributed by atoms with Crippen LogP contribution >= 0.6 is 0 Å². The molecule has 0 radical (unpaired) electrons. The highest BCUT2D eigenvalue weighted by molar-refractivity contribution is 7.89. The third-order valence-electron chi connectivity index (χ3n) is 2.75. The first-order chi connectivity index (χ1) is 9.57. The Kier molecular flexibility index (Phi) is 6.73.